The third kappa shape index (κ3) is 4.37. The van der Waals surface area contributed by atoms with Gasteiger partial charge in [0.05, 0.1) is 12.7 Å². The summed E-state index contributed by atoms with van der Waals surface area (Å²) < 4.78 is 12.2. The molecule has 0 spiro atoms. The molecule has 5 rings (SSSR count). The minimum Gasteiger partial charge on any atom is -0.497 e. The van der Waals surface area contributed by atoms with E-state index in [0.29, 0.717) is 27.6 Å². The molecule has 4 aromatic rings. The number of carbonyl (C=O) groups is 1. The number of hydrogen-bond acceptors (Lipinski definition) is 6. The van der Waals surface area contributed by atoms with Crippen molar-refractivity contribution in [3.63, 3.8) is 0 Å². The predicted molar refractivity (Wildman–Crippen MR) is 136 cm³/mol. The van der Waals surface area contributed by atoms with Crippen LogP contribution in [-0.2, 0) is 12.8 Å². The van der Waals surface area contributed by atoms with Gasteiger partial charge in [-0.3, -0.25) is 4.79 Å². The highest BCUT2D eigenvalue weighted by Crippen LogP contribution is 2.39. The summed E-state index contributed by atoms with van der Waals surface area (Å²) in [7, 11) is 1.59. The van der Waals surface area contributed by atoms with Crippen LogP contribution in [0.3, 0.4) is 0 Å². The van der Waals surface area contributed by atoms with Gasteiger partial charge in [-0.25, -0.2) is 4.99 Å². The van der Waals surface area contributed by atoms with E-state index in [1.807, 2.05) is 18.2 Å². The number of nitriles is 1. The van der Waals surface area contributed by atoms with Crippen LogP contribution in [0.15, 0.2) is 62.4 Å². The van der Waals surface area contributed by atoms with Gasteiger partial charge in [-0.1, -0.05) is 15.9 Å². The maximum atomic E-state index is 13.3. The Morgan fingerprint density at radius 3 is 2.74 bits per heavy atom. The number of nitrogens with zero attached hydrogens (tertiary/aromatic N) is 2. The number of thiophene rings is 1. The lowest BCUT2D eigenvalue weighted by Crippen LogP contribution is -2.21. The van der Waals surface area contributed by atoms with Crippen LogP contribution in [0, 0.1) is 11.3 Å². The number of fused-ring (bicyclic) bond motifs is 2. The standard InChI is InChI=1S/C26H20BrN3O3S/c1-32-18-9-7-17(8-10-18)29-24(31)20-13-15-12-16(27)6-11-22(15)33-25(20)30-26-21(14-28)19-4-2-3-5-23(19)34-26/h6-13H,2-5H2,1H3,(H,29,31). The first-order valence-electron chi connectivity index (χ1n) is 10.8. The Bertz CT molecular complexity index is 1510. The maximum Gasteiger partial charge on any atom is 0.261 e. The Kier molecular flexibility index (Phi) is 6.22. The fourth-order valence-electron chi connectivity index (χ4n) is 4.06. The number of aryl methyl sites for hydroxylation is 1. The van der Waals surface area contributed by atoms with Crippen LogP contribution in [-0.4, -0.2) is 13.0 Å². The zero-order valence-electron chi connectivity index (χ0n) is 18.4. The SMILES string of the molecule is COc1ccc(NC(=O)c2cc3cc(Br)ccc3oc2=Nc2sc3c(c2C#N)CCCC3)cc1. The average molecular weight is 534 g/mol. The molecule has 1 aliphatic carbocycles. The fraction of sp³-hybridized carbons (Fsp3) is 0.192. The number of halogens is 1. The molecule has 1 N–H and O–H groups in total. The smallest absolute Gasteiger partial charge is 0.261 e. The number of methoxy groups -OCH3 is 1. The van der Waals surface area contributed by atoms with E-state index in [4.69, 9.17) is 14.1 Å². The fourth-order valence-corrected chi connectivity index (χ4v) is 5.64. The van der Waals surface area contributed by atoms with Gasteiger partial charge in [0.15, 0.2) is 0 Å². The van der Waals surface area contributed by atoms with Crippen LogP contribution in [0.25, 0.3) is 11.0 Å². The molecule has 0 atom stereocenters. The van der Waals surface area contributed by atoms with E-state index in [9.17, 15) is 10.1 Å². The highest BCUT2D eigenvalue weighted by Gasteiger charge is 2.21. The Morgan fingerprint density at radius 2 is 1.97 bits per heavy atom. The molecule has 0 aliphatic heterocycles. The average Bonchev–Trinajstić information content (AvgIpc) is 3.21. The van der Waals surface area contributed by atoms with Crippen LogP contribution >= 0.6 is 27.3 Å². The normalized spacial score (nSPS) is 13.4. The van der Waals surface area contributed by atoms with Crippen LogP contribution in [0.1, 0.15) is 39.2 Å². The Balaban J connectivity index is 1.64. The van der Waals surface area contributed by atoms with Crippen molar-refractivity contribution in [3.8, 4) is 11.8 Å². The molecule has 0 saturated carbocycles. The molecule has 170 valence electrons. The van der Waals surface area contributed by atoms with Gasteiger partial charge >= 0.3 is 0 Å². The molecule has 1 aliphatic rings. The number of benzene rings is 2. The number of ether oxygens (including phenoxy) is 1. The van der Waals surface area contributed by atoms with Crippen molar-refractivity contribution in [1.29, 1.82) is 5.26 Å². The largest absolute Gasteiger partial charge is 0.497 e. The third-order valence-electron chi connectivity index (χ3n) is 5.77. The van der Waals surface area contributed by atoms with Crippen molar-refractivity contribution in [2.75, 3.05) is 12.4 Å². The van der Waals surface area contributed by atoms with E-state index < -0.39 is 0 Å². The summed E-state index contributed by atoms with van der Waals surface area (Å²) in [5, 5.41) is 14.1. The number of anilines is 1. The molecule has 0 fully saturated rings. The summed E-state index contributed by atoms with van der Waals surface area (Å²) >= 11 is 4.99. The van der Waals surface area contributed by atoms with Crippen LogP contribution in [0.2, 0.25) is 0 Å². The topological polar surface area (TPSA) is 87.6 Å². The van der Waals surface area contributed by atoms with E-state index in [1.54, 1.807) is 37.4 Å². The van der Waals surface area contributed by atoms with E-state index in [1.165, 1.54) is 16.2 Å². The van der Waals surface area contributed by atoms with Gasteiger partial charge < -0.3 is 14.5 Å². The molecule has 8 heteroatoms. The molecule has 2 aromatic carbocycles. The molecular weight excluding hydrogens is 514 g/mol. The first-order chi connectivity index (χ1) is 16.6. The minimum atomic E-state index is -0.352. The Morgan fingerprint density at radius 1 is 1.18 bits per heavy atom. The molecule has 1 amide bonds. The first-order valence-corrected chi connectivity index (χ1v) is 12.4. The molecule has 0 radical (unpaired) electrons. The van der Waals surface area contributed by atoms with Gasteiger partial charge in [0.25, 0.3) is 5.91 Å². The number of nitrogens with one attached hydrogen (secondary N) is 1. The molecule has 6 nitrogen and oxygen atoms in total. The minimum absolute atomic E-state index is 0.177. The van der Waals surface area contributed by atoms with E-state index in [2.05, 4.69) is 27.3 Å². The Labute approximate surface area is 208 Å². The van der Waals surface area contributed by atoms with E-state index in [0.717, 1.165) is 41.1 Å². The highest BCUT2D eigenvalue weighted by atomic mass is 79.9. The van der Waals surface area contributed by atoms with Gasteiger partial charge in [-0.15, -0.1) is 11.3 Å². The maximum absolute atomic E-state index is 13.3. The number of rotatable bonds is 4. The van der Waals surface area contributed by atoms with Crippen molar-refractivity contribution >= 4 is 54.8 Å². The zero-order chi connectivity index (χ0) is 23.7. The van der Waals surface area contributed by atoms with Crippen molar-refractivity contribution < 1.29 is 13.9 Å². The van der Waals surface area contributed by atoms with E-state index >= 15 is 0 Å². The van der Waals surface area contributed by atoms with Crippen molar-refractivity contribution in [1.82, 2.24) is 0 Å². The third-order valence-corrected chi connectivity index (χ3v) is 7.45. The second-order valence-electron chi connectivity index (χ2n) is 7.94. The summed E-state index contributed by atoms with van der Waals surface area (Å²) in [4.78, 5) is 19.2. The van der Waals surface area contributed by atoms with Crippen molar-refractivity contribution in [2.24, 2.45) is 4.99 Å². The van der Waals surface area contributed by atoms with Gasteiger partial charge in [0, 0.05) is 20.4 Å². The van der Waals surface area contributed by atoms with Gasteiger partial charge in [-0.05, 0) is 79.8 Å². The first kappa shape index (κ1) is 22.4. The molecule has 2 aromatic heterocycles. The second-order valence-corrected chi connectivity index (χ2v) is 9.94. The summed E-state index contributed by atoms with van der Waals surface area (Å²) in [6.07, 6.45) is 4.03. The Hall–Kier alpha value is -3.41. The van der Waals surface area contributed by atoms with Crippen molar-refractivity contribution in [2.45, 2.75) is 25.7 Å². The zero-order valence-corrected chi connectivity index (χ0v) is 20.8. The van der Waals surface area contributed by atoms with Gasteiger partial charge in [0.1, 0.15) is 28.0 Å². The lowest BCUT2D eigenvalue weighted by atomic mass is 9.96. The summed E-state index contributed by atoms with van der Waals surface area (Å²) in [5.41, 5.74) is 3.37. The molecule has 0 saturated heterocycles. The number of amides is 1. The van der Waals surface area contributed by atoms with Gasteiger partial charge in [-0.2, -0.15) is 5.26 Å². The molecule has 2 heterocycles. The summed E-state index contributed by atoms with van der Waals surface area (Å²) in [6, 6.07) is 16.8. The number of carbonyl (C=O) groups excluding carboxylic acids is 1. The lowest BCUT2D eigenvalue weighted by molar-refractivity contribution is 0.102. The van der Waals surface area contributed by atoms with Crippen LogP contribution in [0.5, 0.6) is 5.75 Å². The molecule has 34 heavy (non-hydrogen) atoms. The number of hydrogen-bond donors (Lipinski definition) is 1. The predicted octanol–water partition coefficient (Wildman–Crippen LogP) is 6.50. The monoisotopic (exact) mass is 533 g/mol. The quantitative estimate of drug-likeness (QED) is 0.324. The summed E-state index contributed by atoms with van der Waals surface area (Å²) in [5.74, 6) is 0.347. The summed E-state index contributed by atoms with van der Waals surface area (Å²) in [6.45, 7) is 0. The highest BCUT2D eigenvalue weighted by molar-refractivity contribution is 9.10. The molecule has 0 bridgehead atoms. The van der Waals surface area contributed by atoms with Crippen molar-refractivity contribution in [3.05, 3.63) is 80.1 Å². The van der Waals surface area contributed by atoms with Crippen LogP contribution < -0.4 is 15.6 Å². The van der Waals surface area contributed by atoms with Gasteiger partial charge in [0.2, 0.25) is 5.55 Å². The molecule has 0 unspecified atom stereocenters. The second kappa shape index (κ2) is 9.45. The van der Waals surface area contributed by atoms with Crippen LogP contribution in [0.4, 0.5) is 10.7 Å². The molecular formula is C26H20BrN3O3S. The van der Waals surface area contributed by atoms with E-state index in [-0.39, 0.29) is 17.0 Å². The lowest BCUT2D eigenvalue weighted by Gasteiger charge is -2.09.